The lowest BCUT2D eigenvalue weighted by Gasteiger charge is -2.28. The lowest BCUT2D eigenvalue weighted by Crippen LogP contribution is -2.13. The van der Waals surface area contributed by atoms with Crippen LogP contribution in [0.3, 0.4) is 0 Å². The van der Waals surface area contributed by atoms with Crippen molar-refractivity contribution in [1.82, 2.24) is 9.97 Å². The minimum atomic E-state index is 0.237. The third-order valence-corrected chi connectivity index (χ3v) is 6.76. The van der Waals surface area contributed by atoms with Crippen molar-refractivity contribution in [3.05, 3.63) is 42.2 Å². The molecule has 0 N–H and O–H groups in total. The molecule has 4 rings (SSSR count). The Kier molecular flexibility index (Phi) is 7.37. The Morgan fingerprint density at radius 1 is 0.900 bits per heavy atom. The number of benzene rings is 1. The standard InChI is InChI=1S/C26H36N2O2/c1-3-5-7-24-25(30-24)18-29-23-16-27-26(28-17-23)22-14-12-21(13-15-22)20-10-8-19(6-4-2)9-11-20/h12-17,19-20,24-25H,3-11,18H2,1-2H3/t19-,20-,24-,25-/m0/s1. The predicted molar refractivity (Wildman–Crippen MR) is 121 cm³/mol. The molecule has 30 heavy (non-hydrogen) atoms. The Balaban J connectivity index is 1.26. The van der Waals surface area contributed by atoms with Gasteiger partial charge in [0.2, 0.25) is 0 Å². The molecule has 2 atom stereocenters. The molecule has 1 aliphatic heterocycles. The molecule has 0 bridgehead atoms. The van der Waals surface area contributed by atoms with E-state index in [1.54, 1.807) is 12.4 Å². The van der Waals surface area contributed by atoms with Crippen LogP contribution in [0.4, 0.5) is 0 Å². The van der Waals surface area contributed by atoms with E-state index in [1.807, 2.05) is 0 Å². The smallest absolute Gasteiger partial charge is 0.159 e. The molecule has 4 heteroatoms. The number of rotatable bonds is 10. The van der Waals surface area contributed by atoms with Gasteiger partial charge in [0, 0.05) is 5.56 Å². The predicted octanol–water partition coefficient (Wildman–Crippen LogP) is 6.55. The normalized spacial score (nSPS) is 25.8. The number of unbranched alkanes of at least 4 members (excludes halogenated alkanes) is 1. The maximum absolute atomic E-state index is 5.81. The van der Waals surface area contributed by atoms with Crippen molar-refractivity contribution < 1.29 is 9.47 Å². The highest BCUT2D eigenvalue weighted by atomic mass is 16.6. The van der Waals surface area contributed by atoms with Gasteiger partial charge in [0.05, 0.1) is 18.5 Å². The van der Waals surface area contributed by atoms with Gasteiger partial charge in [-0.1, -0.05) is 63.8 Å². The van der Waals surface area contributed by atoms with Crippen molar-refractivity contribution in [3.8, 4) is 17.1 Å². The fourth-order valence-electron chi connectivity index (χ4n) is 4.80. The second-order valence-electron chi connectivity index (χ2n) is 9.04. The number of hydrogen-bond donors (Lipinski definition) is 0. The summed E-state index contributed by atoms with van der Waals surface area (Å²) in [5, 5.41) is 0. The number of epoxide rings is 1. The minimum Gasteiger partial charge on any atom is -0.488 e. The van der Waals surface area contributed by atoms with Crippen molar-refractivity contribution in [1.29, 1.82) is 0 Å². The largest absolute Gasteiger partial charge is 0.488 e. The Morgan fingerprint density at radius 2 is 1.63 bits per heavy atom. The Bertz CT molecular complexity index is 767. The Labute approximate surface area is 181 Å². The van der Waals surface area contributed by atoms with Gasteiger partial charge in [-0.3, -0.25) is 0 Å². The monoisotopic (exact) mass is 408 g/mol. The highest BCUT2D eigenvalue weighted by Gasteiger charge is 2.38. The molecular formula is C26H36N2O2. The molecule has 0 radical (unpaired) electrons. The van der Waals surface area contributed by atoms with Gasteiger partial charge in [-0.25, -0.2) is 9.97 Å². The molecule has 162 valence electrons. The first-order chi connectivity index (χ1) is 14.8. The van der Waals surface area contributed by atoms with Crippen LogP contribution in [0.25, 0.3) is 11.4 Å². The Morgan fingerprint density at radius 3 is 2.30 bits per heavy atom. The average molecular weight is 409 g/mol. The number of ether oxygens (including phenoxy) is 2. The van der Waals surface area contributed by atoms with Crippen LogP contribution in [0.1, 0.15) is 83.1 Å². The third kappa shape index (κ3) is 5.60. The third-order valence-electron chi connectivity index (χ3n) is 6.76. The molecule has 2 aromatic rings. The van der Waals surface area contributed by atoms with E-state index in [1.165, 1.54) is 56.9 Å². The quantitative estimate of drug-likeness (QED) is 0.418. The topological polar surface area (TPSA) is 47.5 Å². The summed E-state index contributed by atoms with van der Waals surface area (Å²) in [4.78, 5) is 9.02. The highest BCUT2D eigenvalue weighted by molar-refractivity contribution is 5.55. The van der Waals surface area contributed by atoms with Crippen molar-refractivity contribution >= 4 is 0 Å². The zero-order valence-electron chi connectivity index (χ0n) is 18.6. The molecule has 4 nitrogen and oxygen atoms in total. The fraction of sp³-hybridized carbons (Fsp3) is 0.615. The number of aromatic nitrogens is 2. The van der Waals surface area contributed by atoms with Crippen LogP contribution in [-0.2, 0) is 4.74 Å². The van der Waals surface area contributed by atoms with E-state index in [-0.39, 0.29) is 6.10 Å². The molecule has 0 spiro atoms. The molecule has 0 amide bonds. The van der Waals surface area contributed by atoms with Crippen LogP contribution in [0.5, 0.6) is 5.75 Å². The van der Waals surface area contributed by atoms with Gasteiger partial charge in [0.15, 0.2) is 11.6 Å². The van der Waals surface area contributed by atoms with Crippen LogP contribution in [0, 0.1) is 5.92 Å². The van der Waals surface area contributed by atoms with Crippen LogP contribution in [-0.4, -0.2) is 28.8 Å². The first kappa shape index (κ1) is 21.3. The lowest BCUT2D eigenvalue weighted by molar-refractivity contribution is 0.258. The molecule has 1 aromatic heterocycles. The summed E-state index contributed by atoms with van der Waals surface area (Å²) in [6.07, 6.45) is 15.9. The van der Waals surface area contributed by atoms with Crippen LogP contribution in [0.2, 0.25) is 0 Å². The molecule has 1 saturated heterocycles. The van der Waals surface area contributed by atoms with E-state index in [0.29, 0.717) is 18.5 Å². The van der Waals surface area contributed by atoms with Gasteiger partial charge < -0.3 is 9.47 Å². The SMILES string of the molecule is CCCC[C@@H]1O[C@H]1COc1cnc(-c2ccc([C@H]3CC[C@H](CCC)CC3)cc2)nc1. The average Bonchev–Trinajstić information content (AvgIpc) is 3.56. The molecular weight excluding hydrogens is 372 g/mol. The van der Waals surface area contributed by atoms with Gasteiger partial charge in [0.1, 0.15) is 12.7 Å². The number of hydrogen-bond acceptors (Lipinski definition) is 4. The summed E-state index contributed by atoms with van der Waals surface area (Å²) in [6, 6.07) is 8.88. The summed E-state index contributed by atoms with van der Waals surface area (Å²) in [5.41, 5.74) is 2.53. The molecule has 0 unspecified atom stereocenters. The second kappa shape index (κ2) is 10.4. The van der Waals surface area contributed by atoms with Gasteiger partial charge >= 0.3 is 0 Å². The van der Waals surface area contributed by atoms with E-state index < -0.39 is 0 Å². The summed E-state index contributed by atoms with van der Waals surface area (Å²) >= 11 is 0. The van der Waals surface area contributed by atoms with E-state index in [2.05, 4.69) is 48.1 Å². The number of nitrogens with zero attached hydrogens (tertiary/aromatic N) is 2. The minimum absolute atomic E-state index is 0.237. The van der Waals surface area contributed by atoms with Crippen LogP contribution in [0.15, 0.2) is 36.7 Å². The van der Waals surface area contributed by atoms with Crippen molar-refractivity contribution in [3.63, 3.8) is 0 Å². The highest BCUT2D eigenvalue weighted by Crippen LogP contribution is 2.37. The maximum Gasteiger partial charge on any atom is 0.159 e. The second-order valence-corrected chi connectivity index (χ2v) is 9.04. The van der Waals surface area contributed by atoms with Crippen molar-refractivity contribution in [2.75, 3.05) is 6.61 Å². The van der Waals surface area contributed by atoms with E-state index >= 15 is 0 Å². The van der Waals surface area contributed by atoms with Gasteiger partial charge in [0.25, 0.3) is 0 Å². The summed E-state index contributed by atoms with van der Waals surface area (Å²) < 4.78 is 11.5. The zero-order chi connectivity index (χ0) is 20.8. The Hall–Kier alpha value is -1.94. The van der Waals surface area contributed by atoms with Crippen LogP contribution >= 0.6 is 0 Å². The lowest BCUT2D eigenvalue weighted by atomic mass is 9.77. The molecule has 1 aliphatic carbocycles. The first-order valence-corrected chi connectivity index (χ1v) is 12.0. The van der Waals surface area contributed by atoms with Crippen molar-refractivity contribution in [2.45, 2.75) is 89.8 Å². The molecule has 2 heterocycles. The van der Waals surface area contributed by atoms with Gasteiger partial charge in [-0.2, -0.15) is 0 Å². The summed E-state index contributed by atoms with van der Waals surface area (Å²) in [5.74, 6) is 3.14. The maximum atomic E-state index is 5.81. The molecule has 1 aromatic carbocycles. The molecule has 2 aliphatic rings. The van der Waals surface area contributed by atoms with E-state index in [0.717, 1.165) is 29.6 Å². The van der Waals surface area contributed by atoms with E-state index in [9.17, 15) is 0 Å². The molecule has 1 saturated carbocycles. The van der Waals surface area contributed by atoms with Crippen LogP contribution < -0.4 is 4.74 Å². The summed E-state index contributed by atoms with van der Waals surface area (Å²) in [7, 11) is 0. The van der Waals surface area contributed by atoms with Crippen molar-refractivity contribution in [2.24, 2.45) is 5.92 Å². The zero-order valence-corrected chi connectivity index (χ0v) is 18.6. The molecule has 2 fully saturated rings. The van der Waals surface area contributed by atoms with Gasteiger partial charge in [-0.05, 0) is 49.5 Å². The summed E-state index contributed by atoms with van der Waals surface area (Å²) in [6.45, 7) is 5.10. The van der Waals surface area contributed by atoms with E-state index in [4.69, 9.17) is 9.47 Å². The fourth-order valence-corrected chi connectivity index (χ4v) is 4.80. The first-order valence-electron chi connectivity index (χ1n) is 12.0. The van der Waals surface area contributed by atoms with Gasteiger partial charge in [-0.15, -0.1) is 0 Å².